The summed E-state index contributed by atoms with van der Waals surface area (Å²) in [5, 5.41) is 9.16. The number of rotatable bonds is 4. The number of allylic oxidation sites excluding steroid dienone is 2. The molecule has 0 saturated carbocycles. The third-order valence-corrected chi connectivity index (χ3v) is 14.4. The number of hydrogen-bond acceptors (Lipinski definition) is 6. The Morgan fingerprint density at radius 2 is 1.43 bits per heavy atom. The summed E-state index contributed by atoms with van der Waals surface area (Å²) in [6, 6.07) is 39.7. The summed E-state index contributed by atoms with van der Waals surface area (Å²) in [4.78, 5) is 13.3. The van der Waals surface area contributed by atoms with Crippen LogP contribution >= 0.6 is 34.0 Å². The van der Waals surface area contributed by atoms with Gasteiger partial charge in [0.25, 0.3) is 0 Å². The van der Waals surface area contributed by atoms with Crippen molar-refractivity contribution in [1.82, 2.24) is 5.32 Å². The number of amidine groups is 2. The predicted molar refractivity (Wildman–Crippen MR) is 221 cm³/mol. The van der Waals surface area contributed by atoms with Crippen LogP contribution in [0, 0.1) is 0 Å². The summed E-state index contributed by atoms with van der Waals surface area (Å²) in [5.74, 6) is 1.96. The molecule has 2 unspecified atom stereocenters. The lowest BCUT2D eigenvalue weighted by atomic mass is 9.87. The van der Waals surface area contributed by atoms with Gasteiger partial charge in [-0.25, -0.2) is 9.98 Å². The van der Waals surface area contributed by atoms with E-state index in [0.717, 1.165) is 42.1 Å². The minimum Gasteiger partial charge on any atom is -0.344 e. The van der Waals surface area contributed by atoms with Crippen LogP contribution in [-0.4, -0.2) is 11.7 Å². The largest absolute Gasteiger partial charge is 0.344 e. The van der Waals surface area contributed by atoms with Crippen molar-refractivity contribution in [1.29, 1.82) is 0 Å². The molecule has 1 N–H and O–H groups in total. The Labute approximate surface area is 307 Å². The Bertz CT molecular complexity index is 2830. The van der Waals surface area contributed by atoms with Crippen LogP contribution in [0.25, 0.3) is 52.5 Å². The van der Waals surface area contributed by atoms with E-state index in [1.807, 2.05) is 40.1 Å². The van der Waals surface area contributed by atoms with Gasteiger partial charge in [-0.2, -0.15) is 0 Å². The molecule has 8 aromatic rings. The van der Waals surface area contributed by atoms with E-state index in [0.29, 0.717) is 5.92 Å². The maximum absolute atomic E-state index is 5.31. The minimum absolute atomic E-state index is 0.282. The van der Waals surface area contributed by atoms with Crippen molar-refractivity contribution >= 4 is 98.2 Å². The highest BCUT2D eigenvalue weighted by Gasteiger charge is 2.28. The molecule has 3 aromatic heterocycles. The highest BCUT2D eigenvalue weighted by Crippen LogP contribution is 2.49. The number of nitrogens with zero attached hydrogens (tertiary/aromatic N) is 2. The van der Waals surface area contributed by atoms with Gasteiger partial charge in [0.05, 0.1) is 0 Å². The van der Waals surface area contributed by atoms with E-state index in [4.69, 9.17) is 9.98 Å². The quantitative estimate of drug-likeness (QED) is 0.194. The smallest absolute Gasteiger partial charge is 0.159 e. The molecule has 0 fully saturated rings. The van der Waals surface area contributed by atoms with Gasteiger partial charge >= 0.3 is 0 Å². The van der Waals surface area contributed by atoms with Crippen molar-refractivity contribution in [3.8, 4) is 0 Å². The summed E-state index contributed by atoms with van der Waals surface area (Å²) in [6.45, 7) is 0. The molecular formula is C45H31N3S3. The van der Waals surface area contributed by atoms with Crippen LogP contribution < -0.4 is 5.32 Å². The maximum atomic E-state index is 5.31. The molecule has 0 bridgehead atoms. The molecule has 11 rings (SSSR count). The van der Waals surface area contributed by atoms with Crippen LogP contribution in [-0.2, 0) is 6.42 Å². The Balaban J connectivity index is 1.04. The van der Waals surface area contributed by atoms with E-state index in [2.05, 4.69) is 133 Å². The van der Waals surface area contributed by atoms with Gasteiger partial charge in [-0.05, 0) is 64.9 Å². The molecule has 1 aliphatic heterocycles. The average Bonchev–Trinajstić information content (AvgIpc) is 3.89. The molecule has 4 heterocycles. The third kappa shape index (κ3) is 4.74. The van der Waals surface area contributed by atoms with Crippen LogP contribution in [0.4, 0.5) is 0 Å². The lowest BCUT2D eigenvalue weighted by Crippen LogP contribution is -2.33. The summed E-state index contributed by atoms with van der Waals surface area (Å²) >= 11 is 5.76. The molecule has 2 aliphatic carbocycles. The Hall–Kier alpha value is -5.14. The molecule has 51 heavy (non-hydrogen) atoms. The Kier molecular flexibility index (Phi) is 6.79. The number of fused-ring (bicyclic) bond motifs is 9. The Morgan fingerprint density at radius 3 is 2.33 bits per heavy atom. The monoisotopic (exact) mass is 709 g/mol. The second kappa shape index (κ2) is 11.7. The molecule has 0 spiro atoms. The molecule has 244 valence electrons. The van der Waals surface area contributed by atoms with Crippen LogP contribution in [0.5, 0.6) is 0 Å². The zero-order valence-electron chi connectivity index (χ0n) is 27.6. The van der Waals surface area contributed by atoms with E-state index >= 15 is 0 Å². The van der Waals surface area contributed by atoms with Crippen molar-refractivity contribution in [3.63, 3.8) is 0 Å². The first kappa shape index (κ1) is 29.6. The van der Waals surface area contributed by atoms with Gasteiger partial charge in [0, 0.05) is 61.9 Å². The molecule has 0 saturated heterocycles. The summed E-state index contributed by atoms with van der Waals surface area (Å²) in [6.07, 6.45) is 12.3. The normalized spacial score (nSPS) is 18.2. The van der Waals surface area contributed by atoms with Crippen LogP contribution in [0.2, 0.25) is 0 Å². The summed E-state index contributed by atoms with van der Waals surface area (Å²) < 4.78 is 5.34. The third-order valence-electron chi connectivity index (χ3n) is 10.6. The van der Waals surface area contributed by atoms with E-state index in [1.54, 1.807) is 0 Å². The highest BCUT2D eigenvalue weighted by molar-refractivity contribution is 7.26. The molecule has 2 atom stereocenters. The molecular weight excluding hydrogens is 679 g/mol. The second-order valence-corrected chi connectivity index (χ2v) is 16.7. The number of aliphatic imine (C=N–C) groups is 2. The number of benzene rings is 5. The summed E-state index contributed by atoms with van der Waals surface area (Å²) in [7, 11) is 0. The number of aryl methyl sites for hydroxylation is 1. The standard InChI is InChI=1S/C45H31N3S3/c1-2-11-26(12-3-1)43-46-44(27-23-24-30-28-13-4-6-21-37(28)49-39(30)25-27)48-45(47-43)36-20-10-19-35-34-18-9-17-33(41(34)51-42(35)36)32-16-8-15-31-29-14-5-7-22-38(29)50-40(31)32/h1-3,5-12,14-15,17-25,32,45H,4,13,16H2,(H,46,47,48). The van der Waals surface area contributed by atoms with Crippen LogP contribution in [0.15, 0.2) is 131 Å². The first-order chi connectivity index (χ1) is 25.3. The van der Waals surface area contributed by atoms with Crippen molar-refractivity contribution in [2.24, 2.45) is 9.98 Å². The van der Waals surface area contributed by atoms with Gasteiger partial charge < -0.3 is 5.32 Å². The number of nitrogens with one attached hydrogen (secondary N) is 1. The Morgan fingerprint density at radius 1 is 0.627 bits per heavy atom. The van der Waals surface area contributed by atoms with Crippen LogP contribution in [0.3, 0.4) is 0 Å². The van der Waals surface area contributed by atoms with Gasteiger partial charge in [0.1, 0.15) is 12.0 Å². The second-order valence-electron chi connectivity index (χ2n) is 13.5. The van der Waals surface area contributed by atoms with Gasteiger partial charge in [0.2, 0.25) is 0 Å². The first-order valence-electron chi connectivity index (χ1n) is 17.6. The average molecular weight is 710 g/mol. The van der Waals surface area contributed by atoms with E-state index in [1.165, 1.54) is 72.4 Å². The summed E-state index contributed by atoms with van der Waals surface area (Å²) in [5.41, 5.74) is 7.60. The number of hydrogen-bond donors (Lipinski definition) is 1. The fraction of sp³-hybridized carbons (Fsp3) is 0.111. The minimum atomic E-state index is -0.282. The molecule has 0 amide bonds. The topological polar surface area (TPSA) is 36.8 Å². The molecule has 6 heteroatoms. The molecule has 3 aliphatic rings. The van der Waals surface area contributed by atoms with Crippen molar-refractivity contribution in [3.05, 3.63) is 164 Å². The lowest BCUT2D eigenvalue weighted by molar-refractivity contribution is 0.680. The fourth-order valence-corrected chi connectivity index (χ4v) is 12.1. The number of thiophene rings is 3. The lowest BCUT2D eigenvalue weighted by Gasteiger charge is -2.24. The SMILES string of the molecule is C1=Cc2sc3cc(C4=NC(c5ccccc5)=NC(c5cccc6c5sc5c(C7CC=Cc8c7sc7ccccc87)cccc56)N4)ccc3c2CC1. The van der Waals surface area contributed by atoms with Gasteiger partial charge in [-0.3, -0.25) is 0 Å². The highest BCUT2D eigenvalue weighted by atomic mass is 32.1. The van der Waals surface area contributed by atoms with E-state index in [9.17, 15) is 0 Å². The van der Waals surface area contributed by atoms with Crippen molar-refractivity contribution in [2.75, 3.05) is 0 Å². The molecule has 0 radical (unpaired) electrons. The van der Waals surface area contributed by atoms with Gasteiger partial charge in [-0.1, -0.05) is 115 Å². The van der Waals surface area contributed by atoms with Gasteiger partial charge in [-0.15, -0.1) is 34.0 Å². The van der Waals surface area contributed by atoms with E-state index < -0.39 is 0 Å². The van der Waals surface area contributed by atoms with Crippen molar-refractivity contribution in [2.45, 2.75) is 31.3 Å². The van der Waals surface area contributed by atoms with Gasteiger partial charge in [0.15, 0.2) is 5.84 Å². The molecule has 5 aromatic carbocycles. The first-order valence-corrected chi connectivity index (χ1v) is 20.0. The molecule has 3 nitrogen and oxygen atoms in total. The van der Waals surface area contributed by atoms with E-state index in [-0.39, 0.29) is 6.17 Å². The van der Waals surface area contributed by atoms with Crippen LogP contribution in [0.1, 0.15) is 68.1 Å². The fourth-order valence-electron chi connectivity index (χ4n) is 8.17. The zero-order chi connectivity index (χ0) is 33.5. The van der Waals surface area contributed by atoms with Crippen molar-refractivity contribution < 1.29 is 0 Å². The zero-order valence-corrected chi connectivity index (χ0v) is 30.0. The maximum Gasteiger partial charge on any atom is 0.159 e. The predicted octanol–water partition coefficient (Wildman–Crippen LogP) is 12.5.